The zero-order valence-corrected chi connectivity index (χ0v) is 19.6. The van der Waals surface area contributed by atoms with Crippen molar-refractivity contribution < 1.29 is 33.1 Å². The van der Waals surface area contributed by atoms with Gasteiger partial charge < -0.3 is 19.2 Å². The van der Waals surface area contributed by atoms with Gasteiger partial charge in [-0.15, -0.1) is 0 Å². The van der Waals surface area contributed by atoms with E-state index in [0.717, 1.165) is 4.90 Å². The molecule has 5 amide bonds. The Morgan fingerprint density at radius 3 is 2.56 bits per heavy atom. The smallest absolute Gasteiger partial charge is 0.331 e. The molecule has 0 unspecified atom stereocenters. The third-order valence-corrected chi connectivity index (χ3v) is 5.26. The number of furan rings is 1. The molecule has 1 aliphatic rings. The van der Waals surface area contributed by atoms with Gasteiger partial charge in [0.2, 0.25) is 5.91 Å². The van der Waals surface area contributed by atoms with Gasteiger partial charge in [0.1, 0.15) is 29.4 Å². The molecule has 0 bridgehead atoms. The zero-order valence-electron chi connectivity index (χ0n) is 19.6. The average molecular weight is 489 g/mol. The van der Waals surface area contributed by atoms with Crippen molar-refractivity contribution in [3.8, 4) is 11.5 Å². The minimum atomic E-state index is -0.813. The fraction of sp³-hybridized carbons (Fsp3) is 0.154. The lowest BCUT2D eigenvalue weighted by Gasteiger charge is -2.25. The molecule has 1 fully saturated rings. The van der Waals surface area contributed by atoms with Crippen LogP contribution in [0.25, 0.3) is 6.08 Å². The van der Waals surface area contributed by atoms with Gasteiger partial charge in [-0.05, 0) is 60.2 Å². The van der Waals surface area contributed by atoms with E-state index < -0.39 is 17.8 Å². The molecule has 36 heavy (non-hydrogen) atoms. The highest BCUT2D eigenvalue weighted by Gasteiger charge is 2.36. The summed E-state index contributed by atoms with van der Waals surface area (Å²) >= 11 is 0. The van der Waals surface area contributed by atoms with Gasteiger partial charge >= 0.3 is 6.03 Å². The second-order valence-electron chi connectivity index (χ2n) is 7.85. The van der Waals surface area contributed by atoms with Crippen LogP contribution >= 0.6 is 0 Å². The number of imide groups is 2. The van der Waals surface area contributed by atoms with Crippen LogP contribution in [0.5, 0.6) is 11.5 Å². The fourth-order valence-electron chi connectivity index (χ4n) is 3.56. The summed E-state index contributed by atoms with van der Waals surface area (Å²) < 4.78 is 16.5. The number of rotatable bonds is 8. The van der Waals surface area contributed by atoms with Gasteiger partial charge in [0.05, 0.1) is 19.9 Å². The largest absolute Gasteiger partial charge is 0.496 e. The summed E-state index contributed by atoms with van der Waals surface area (Å²) in [4.78, 5) is 49.7. The molecular formula is C26H23N3O7. The average Bonchev–Trinajstić information content (AvgIpc) is 3.37. The van der Waals surface area contributed by atoms with E-state index in [4.69, 9.17) is 13.9 Å². The van der Waals surface area contributed by atoms with Gasteiger partial charge in [-0.25, -0.2) is 4.79 Å². The van der Waals surface area contributed by atoms with Gasteiger partial charge in [-0.3, -0.25) is 24.6 Å². The van der Waals surface area contributed by atoms with Crippen molar-refractivity contribution in [2.75, 3.05) is 12.4 Å². The predicted molar refractivity (Wildman–Crippen MR) is 129 cm³/mol. The van der Waals surface area contributed by atoms with Gasteiger partial charge in [0.15, 0.2) is 0 Å². The number of nitrogens with zero attached hydrogens (tertiary/aromatic N) is 1. The zero-order chi connectivity index (χ0) is 25.7. The summed E-state index contributed by atoms with van der Waals surface area (Å²) in [5.74, 6) is -0.148. The topological polar surface area (TPSA) is 127 Å². The van der Waals surface area contributed by atoms with Crippen molar-refractivity contribution in [3.63, 3.8) is 0 Å². The number of carbonyl (C=O) groups is 4. The van der Waals surface area contributed by atoms with Crippen LogP contribution in [0.15, 0.2) is 70.9 Å². The Labute approximate surface area is 206 Å². The van der Waals surface area contributed by atoms with E-state index in [2.05, 4.69) is 10.6 Å². The Morgan fingerprint density at radius 1 is 1.11 bits per heavy atom. The first-order chi connectivity index (χ1) is 17.3. The van der Waals surface area contributed by atoms with Gasteiger partial charge in [-0.1, -0.05) is 6.07 Å². The van der Waals surface area contributed by atoms with E-state index in [-0.39, 0.29) is 24.6 Å². The van der Waals surface area contributed by atoms with E-state index >= 15 is 0 Å². The molecule has 2 aromatic carbocycles. The minimum absolute atomic E-state index is 0.106. The van der Waals surface area contributed by atoms with Crippen molar-refractivity contribution in [1.82, 2.24) is 10.2 Å². The number of hydrogen-bond acceptors (Lipinski definition) is 7. The number of ether oxygens (including phenoxy) is 2. The first-order valence-corrected chi connectivity index (χ1v) is 10.9. The van der Waals surface area contributed by atoms with Gasteiger partial charge in [-0.2, -0.15) is 0 Å². The second-order valence-corrected chi connectivity index (χ2v) is 7.85. The highest BCUT2D eigenvalue weighted by atomic mass is 16.5. The van der Waals surface area contributed by atoms with Crippen LogP contribution in [0.1, 0.15) is 23.8 Å². The molecule has 10 nitrogen and oxygen atoms in total. The Balaban J connectivity index is 1.53. The van der Waals surface area contributed by atoms with Crippen molar-refractivity contribution in [2.24, 2.45) is 0 Å². The van der Waals surface area contributed by atoms with Crippen molar-refractivity contribution in [3.05, 3.63) is 83.3 Å². The first kappa shape index (κ1) is 24.3. The Hall–Kier alpha value is -4.86. The molecule has 0 spiro atoms. The standard InChI is InChI=1S/C26H23N3O7/c1-16(30)27-19-6-8-20(9-7-19)36-15-18-12-17(5-10-23(18)34-2)13-22-24(31)28-26(33)29(25(22)32)14-21-4-3-11-35-21/h3-13H,14-15H2,1-2H3,(H,27,30)(H,28,31,33)/b22-13-. The number of barbiturate groups is 1. The van der Waals surface area contributed by atoms with E-state index in [9.17, 15) is 19.2 Å². The van der Waals surface area contributed by atoms with Crippen LogP contribution in [-0.4, -0.2) is 35.8 Å². The maximum absolute atomic E-state index is 12.9. The third-order valence-electron chi connectivity index (χ3n) is 5.26. The van der Waals surface area contributed by atoms with Crippen molar-refractivity contribution >= 4 is 35.5 Å². The summed E-state index contributed by atoms with van der Waals surface area (Å²) in [6, 6.07) is 14.4. The lowest BCUT2D eigenvalue weighted by atomic mass is 10.0. The Kier molecular flexibility index (Phi) is 7.15. The molecule has 2 heterocycles. The maximum atomic E-state index is 12.9. The van der Waals surface area contributed by atoms with Crippen LogP contribution < -0.4 is 20.1 Å². The molecule has 1 aliphatic heterocycles. The SMILES string of the molecule is COc1ccc(/C=C2/C(=O)NC(=O)N(Cc3ccco3)C2=O)cc1COc1ccc(NC(C)=O)cc1. The molecule has 3 aromatic rings. The Morgan fingerprint density at radius 2 is 1.89 bits per heavy atom. The van der Waals surface area contributed by atoms with Crippen LogP contribution in [0, 0.1) is 0 Å². The molecule has 184 valence electrons. The predicted octanol–water partition coefficient (Wildman–Crippen LogP) is 3.49. The molecule has 0 aliphatic carbocycles. The molecular weight excluding hydrogens is 466 g/mol. The van der Waals surface area contributed by atoms with E-state index in [0.29, 0.717) is 34.1 Å². The molecule has 4 rings (SSSR count). The summed E-state index contributed by atoms with van der Waals surface area (Å²) in [6.45, 7) is 1.46. The summed E-state index contributed by atoms with van der Waals surface area (Å²) in [6.07, 6.45) is 2.84. The molecule has 0 radical (unpaired) electrons. The lowest BCUT2D eigenvalue weighted by molar-refractivity contribution is -0.130. The first-order valence-electron chi connectivity index (χ1n) is 10.9. The third kappa shape index (κ3) is 5.61. The number of nitrogens with one attached hydrogen (secondary N) is 2. The maximum Gasteiger partial charge on any atom is 0.331 e. The summed E-state index contributed by atoms with van der Waals surface area (Å²) in [7, 11) is 1.52. The summed E-state index contributed by atoms with van der Waals surface area (Å²) in [5, 5.41) is 4.87. The molecule has 0 saturated carbocycles. The number of urea groups is 1. The molecule has 1 saturated heterocycles. The number of methoxy groups -OCH3 is 1. The van der Waals surface area contributed by atoms with Gasteiger partial charge in [0, 0.05) is 18.2 Å². The Bertz CT molecular complexity index is 1330. The van der Waals surface area contributed by atoms with Crippen LogP contribution in [0.4, 0.5) is 10.5 Å². The van der Waals surface area contributed by atoms with Crippen molar-refractivity contribution in [1.29, 1.82) is 0 Å². The molecule has 1 aromatic heterocycles. The normalized spacial score (nSPS) is 14.6. The second kappa shape index (κ2) is 10.6. The van der Waals surface area contributed by atoms with Crippen LogP contribution in [0.2, 0.25) is 0 Å². The number of carbonyl (C=O) groups excluding carboxylic acids is 4. The number of amides is 5. The monoisotopic (exact) mass is 489 g/mol. The quantitative estimate of drug-likeness (QED) is 0.366. The van der Waals surface area contributed by atoms with Crippen LogP contribution in [-0.2, 0) is 27.5 Å². The van der Waals surface area contributed by atoms with Crippen LogP contribution in [0.3, 0.4) is 0 Å². The molecule has 10 heteroatoms. The number of benzene rings is 2. The number of hydrogen-bond donors (Lipinski definition) is 2. The minimum Gasteiger partial charge on any atom is -0.496 e. The van der Waals surface area contributed by atoms with Crippen molar-refractivity contribution in [2.45, 2.75) is 20.1 Å². The molecule has 2 N–H and O–H groups in total. The van der Waals surface area contributed by atoms with E-state index in [1.54, 1.807) is 54.6 Å². The van der Waals surface area contributed by atoms with E-state index in [1.165, 1.54) is 26.4 Å². The molecule has 0 atom stereocenters. The highest BCUT2D eigenvalue weighted by molar-refractivity contribution is 6.30. The number of anilines is 1. The fourth-order valence-corrected chi connectivity index (χ4v) is 3.56. The van der Waals surface area contributed by atoms with E-state index in [1.807, 2.05) is 0 Å². The van der Waals surface area contributed by atoms with Gasteiger partial charge in [0.25, 0.3) is 11.8 Å². The lowest BCUT2D eigenvalue weighted by Crippen LogP contribution is -2.53. The highest BCUT2D eigenvalue weighted by Crippen LogP contribution is 2.25. The summed E-state index contributed by atoms with van der Waals surface area (Å²) in [5.41, 5.74) is 1.67.